The summed E-state index contributed by atoms with van der Waals surface area (Å²) in [5.41, 5.74) is 1.81. The average molecular weight is 354 g/mol. The van der Waals surface area contributed by atoms with Crippen molar-refractivity contribution in [3.63, 3.8) is 0 Å². The van der Waals surface area contributed by atoms with Crippen LogP contribution in [-0.4, -0.2) is 32.6 Å². The van der Waals surface area contributed by atoms with Gasteiger partial charge in [-0.15, -0.1) is 0 Å². The Morgan fingerprint density at radius 2 is 2.14 bits per heavy atom. The zero-order chi connectivity index (χ0) is 15.6. The third kappa shape index (κ3) is 3.77. The maximum absolute atomic E-state index is 12.7. The largest absolute Gasteiger partial charge is 0.376 e. The monoisotopic (exact) mass is 353 g/mol. The smallest absolute Gasteiger partial charge is 0.242 e. The Kier molecular flexibility index (Phi) is 4.94. The molecular weight excluding hydrogens is 330 g/mol. The van der Waals surface area contributed by atoms with E-state index >= 15 is 0 Å². The highest BCUT2D eigenvalue weighted by atomic mass is 79.9. The summed E-state index contributed by atoms with van der Waals surface area (Å²) < 4.78 is 0.958. The van der Waals surface area contributed by atoms with Gasteiger partial charge in [-0.05, 0) is 43.0 Å². The van der Waals surface area contributed by atoms with E-state index < -0.39 is 0 Å². The molecule has 1 aromatic carbocycles. The summed E-state index contributed by atoms with van der Waals surface area (Å²) in [6.45, 7) is 5.20. The summed E-state index contributed by atoms with van der Waals surface area (Å²) in [6, 6.07) is 5.77. The van der Waals surface area contributed by atoms with Crippen LogP contribution in [-0.2, 0) is 4.79 Å². The molecule has 5 heteroatoms. The van der Waals surface area contributed by atoms with Crippen LogP contribution in [0.25, 0.3) is 0 Å². The summed E-state index contributed by atoms with van der Waals surface area (Å²) in [4.78, 5) is 14.7. The van der Waals surface area contributed by atoms with Crippen LogP contribution in [0.5, 0.6) is 0 Å². The molecule has 1 unspecified atom stereocenters. The molecule has 1 fully saturated rings. The number of halogens is 1. The molecular formula is C16H24BrN3O. The van der Waals surface area contributed by atoms with Gasteiger partial charge in [0.1, 0.15) is 0 Å². The lowest BCUT2D eigenvalue weighted by Crippen LogP contribution is -2.53. The van der Waals surface area contributed by atoms with Crippen LogP contribution < -0.4 is 15.5 Å². The van der Waals surface area contributed by atoms with Crippen molar-refractivity contribution in [1.29, 1.82) is 0 Å². The standard InChI is InChI=1S/C16H24BrN3O/c1-16(2)8-5-9-18-14(16)15(21)19-12-10-11(17)6-7-13(12)20(3)4/h6-7,10,14,18H,5,8-9H2,1-4H3,(H,19,21). The van der Waals surface area contributed by atoms with Gasteiger partial charge in [-0.1, -0.05) is 29.8 Å². The Hall–Kier alpha value is -1.07. The summed E-state index contributed by atoms with van der Waals surface area (Å²) >= 11 is 3.47. The fourth-order valence-electron chi connectivity index (χ4n) is 2.86. The molecule has 1 aromatic rings. The van der Waals surface area contributed by atoms with E-state index in [0.29, 0.717) is 0 Å². The van der Waals surface area contributed by atoms with Crippen molar-refractivity contribution >= 4 is 33.2 Å². The number of nitrogens with zero attached hydrogens (tertiary/aromatic N) is 1. The number of hydrogen-bond acceptors (Lipinski definition) is 3. The number of piperidine rings is 1. The molecule has 116 valence electrons. The van der Waals surface area contributed by atoms with Gasteiger partial charge in [0.2, 0.25) is 5.91 Å². The molecule has 0 bridgehead atoms. The second kappa shape index (κ2) is 6.36. The van der Waals surface area contributed by atoms with Crippen molar-refractivity contribution in [3.8, 4) is 0 Å². The number of carbonyl (C=O) groups excluding carboxylic acids is 1. The first kappa shape index (κ1) is 16.3. The molecule has 0 spiro atoms. The molecule has 1 aliphatic rings. The molecule has 21 heavy (non-hydrogen) atoms. The molecule has 0 aliphatic carbocycles. The molecule has 1 amide bonds. The van der Waals surface area contributed by atoms with Crippen molar-refractivity contribution in [3.05, 3.63) is 22.7 Å². The fourth-order valence-corrected chi connectivity index (χ4v) is 3.22. The molecule has 0 radical (unpaired) electrons. The first-order chi connectivity index (χ1) is 9.81. The van der Waals surface area contributed by atoms with E-state index in [-0.39, 0.29) is 17.4 Å². The summed E-state index contributed by atoms with van der Waals surface area (Å²) in [6.07, 6.45) is 2.19. The van der Waals surface area contributed by atoms with Gasteiger partial charge in [-0.3, -0.25) is 4.79 Å². The first-order valence-electron chi connectivity index (χ1n) is 7.32. The minimum atomic E-state index is -0.153. The quantitative estimate of drug-likeness (QED) is 0.876. The highest BCUT2D eigenvalue weighted by Crippen LogP contribution is 2.32. The van der Waals surface area contributed by atoms with Crippen molar-refractivity contribution in [2.45, 2.75) is 32.7 Å². The van der Waals surface area contributed by atoms with Gasteiger partial charge in [0.25, 0.3) is 0 Å². The van der Waals surface area contributed by atoms with Crippen LogP contribution in [0, 0.1) is 5.41 Å². The zero-order valence-electron chi connectivity index (χ0n) is 13.2. The number of benzene rings is 1. The van der Waals surface area contributed by atoms with Crippen molar-refractivity contribution in [2.75, 3.05) is 30.9 Å². The second-order valence-corrected chi connectivity index (χ2v) is 7.44. The van der Waals surface area contributed by atoms with E-state index in [1.165, 1.54) is 0 Å². The fraction of sp³-hybridized carbons (Fsp3) is 0.562. The number of nitrogens with one attached hydrogen (secondary N) is 2. The maximum Gasteiger partial charge on any atom is 0.242 e. The van der Waals surface area contributed by atoms with Gasteiger partial charge in [0.05, 0.1) is 17.4 Å². The van der Waals surface area contributed by atoms with Gasteiger partial charge in [-0.25, -0.2) is 0 Å². The number of rotatable bonds is 3. The normalized spacial score (nSPS) is 20.9. The molecule has 0 saturated carbocycles. The van der Waals surface area contributed by atoms with Crippen LogP contribution in [0.1, 0.15) is 26.7 Å². The second-order valence-electron chi connectivity index (χ2n) is 6.52. The molecule has 4 nitrogen and oxygen atoms in total. The predicted octanol–water partition coefficient (Wildman–Crippen LogP) is 3.23. The lowest BCUT2D eigenvalue weighted by atomic mass is 9.77. The summed E-state index contributed by atoms with van der Waals surface area (Å²) in [5, 5.41) is 6.44. The topological polar surface area (TPSA) is 44.4 Å². The molecule has 1 aliphatic heterocycles. The third-order valence-corrected chi connectivity index (χ3v) is 4.58. The van der Waals surface area contributed by atoms with Gasteiger partial charge < -0.3 is 15.5 Å². The molecule has 2 rings (SSSR count). The van der Waals surface area contributed by atoms with Gasteiger partial charge in [0, 0.05) is 18.6 Å². The Morgan fingerprint density at radius 3 is 2.76 bits per heavy atom. The lowest BCUT2D eigenvalue weighted by Gasteiger charge is -2.38. The minimum absolute atomic E-state index is 0.0212. The maximum atomic E-state index is 12.7. The van der Waals surface area contributed by atoms with Crippen LogP contribution in [0.4, 0.5) is 11.4 Å². The average Bonchev–Trinajstić information content (AvgIpc) is 2.37. The molecule has 2 N–H and O–H groups in total. The molecule has 1 saturated heterocycles. The first-order valence-corrected chi connectivity index (χ1v) is 8.12. The van der Waals surface area contributed by atoms with Crippen molar-refractivity contribution < 1.29 is 4.79 Å². The van der Waals surface area contributed by atoms with Crippen LogP contribution in [0.3, 0.4) is 0 Å². The number of carbonyl (C=O) groups is 1. The van der Waals surface area contributed by atoms with E-state index in [9.17, 15) is 4.79 Å². The third-order valence-electron chi connectivity index (χ3n) is 4.09. The predicted molar refractivity (Wildman–Crippen MR) is 91.9 cm³/mol. The Morgan fingerprint density at radius 1 is 1.43 bits per heavy atom. The Labute approximate surface area is 135 Å². The van der Waals surface area contributed by atoms with Gasteiger partial charge >= 0.3 is 0 Å². The molecule has 0 aromatic heterocycles. The van der Waals surface area contributed by atoms with E-state index in [2.05, 4.69) is 40.4 Å². The Bertz CT molecular complexity index is 528. The van der Waals surface area contributed by atoms with Gasteiger partial charge in [-0.2, -0.15) is 0 Å². The number of amides is 1. The highest BCUT2D eigenvalue weighted by Gasteiger charge is 2.37. The van der Waals surface area contributed by atoms with E-state index in [4.69, 9.17) is 0 Å². The number of anilines is 2. The van der Waals surface area contributed by atoms with Crippen LogP contribution in [0.2, 0.25) is 0 Å². The number of hydrogen-bond donors (Lipinski definition) is 2. The zero-order valence-corrected chi connectivity index (χ0v) is 14.8. The summed E-state index contributed by atoms with van der Waals surface area (Å²) in [7, 11) is 3.95. The van der Waals surface area contributed by atoms with Crippen molar-refractivity contribution in [1.82, 2.24) is 5.32 Å². The van der Waals surface area contributed by atoms with Crippen molar-refractivity contribution in [2.24, 2.45) is 5.41 Å². The van der Waals surface area contributed by atoms with E-state index in [1.807, 2.05) is 37.2 Å². The minimum Gasteiger partial charge on any atom is -0.376 e. The Balaban J connectivity index is 2.21. The highest BCUT2D eigenvalue weighted by molar-refractivity contribution is 9.10. The molecule has 1 heterocycles. The molecule has 1 atom stereocenters. The van der Waals surface area contributed by atoms with E-state index in [1.54, 1.807) is 0 Å². The SMILES string of the molecule is CN(C)c1ccc(Br)cc1NC(=O)C1NCCCC1(C)C. The van der Waals surface area contributed by atoms with Crippen LogP contribution >= 0.6 is 15.9 Å². The lowest BCUT2D eigenvalue weighted by molar-refractivity contribution is -0.121. The van der Waals surface area contributed by atoms with Gasteiger partial charge in [0.15, 0.2) is 0 Å². The van der Waals surface area contributed by atoms with E-state index in [0.717, 1.165) is 35.2 Å². The summed E-state index contributed by atoms with van der Waals surface area (Å²) in [5.74, 6) is 0.0425. The van der Waals surface area contributed by atoms with Crippen LogP contribution in [0.15, 0.2) is 22.7 Å².